The van der Waals surface area contributed by atoms with Gasteiger partial charge in [0.15, 0.2) is 22.5 Å². The highest BCUT2D eigenvalue weighted by molar-refractivity contribution is 9.10. The van der Waals surface area contributed by atoms with E-state index in [1.165, 1.54) is 5.56 Å². The molecule has 0 unspecified atom stereocenters. The monoisotopic (exact) mass is 419 g/mol. The third-order valence-corrected chi connectivity index (χ3v) is 5.25. The third kappa shape index (κ3) is 4.55. The predicted octanol–water partition coefficient (Wildman–Crippen LogP) is 4.46. The first-order valence-electron chi connectivity index (χ1n) is 7.68. The summed E-state index contributed by atoms with van der Waals surface area (Å²) in [7, 11) is 3.58. The first-order chi connectivity index (χ1) is 12.2. The Balaban J connectivity index is 1.61. The molecule has 1 aromatic heterocycles. The highest BCUT2D eigenvalue weighted by atomic mass is 79.9. The normalized spacial score (nSPS) is 10.7. The van der Waals surface area contributed by atoms with Gasteiger partial charge in [-0.25, -0.2) is 0 Å². The smallest absolute Gasteiger partial charge is 0.191 e. The van der Waals surface area contributed by atoms with E-state index in [0.29, 0.717) is 18.1 Å². The highest BCUT2D eigenvalue weighted by Gasteiger charge is 2.11. The lowest BCUT2D eigenvalue weighted by atomic mass is 10.2. The van der Waals surface area contributed by atoms with Crippen LogP contribution in [0.2, 0.25) is 0 Å². The fourth-order valence-corrected chi connectivity index (χ4v) is 3.36. The van der Waals surface area contributed by atoms with Crippen molar-refractivity contribution in [3.05, 3.63) is 64.4 Å². The number of methoxy groups -OCH3 is 1. The van der Waals surface area contributed by atoms with Crippen molar-refractivity contribution < 1.29 is 9.47 Å². The van der Waals surface area contributed by atoms with E-state index in [9.17, 15) is 0 Å². The van der Waals surface area contributed by atoms with Crippen molar-refractivity contribution >= 4 is 27.7 Å². The minimum absolute atomic E-state index is 0.336. The van der Waals surface area contributed by atoms with Crippen molar-refractivity contribution in [2.24, 2.45) is 7.05 Å². The molecule has 25 heavy (non-hydrogen) atoms. The minimum atomic E-state index is 0.336. The second-order valence-electron chi connectivity index (χ2n) is 5.31. The van der Waals surface area contributed by atoms with Crippen LogP contribution >= 0.6 is 27.7 Å². The summed E-state index contributed by atoms with van der Waals surface area (Å²) in [5, 5.41) is 9.35. The summed E-state index contributed by atoms with van der Waals surface area (Å²) in [6.45, 7) is 0.336. The highest BCUT2D eigenvalue weighted by Crippen LogP contribution is 2.27. The summed E-state index contributed by atoms with van der Waals surface area (Å²) >= 11 is 5.10. The van der Waals surface area contributed by atoms with E-state index in [4.69, 9.17) is 9.47 Å². The summed E-state index contributed by atoms with van der Waals surface area (Å²) in [6, 6.07) is 15.8. The average molecular weight is 420 g/mol. The van der Waals surface area contributed by atoms with Crippen molar-refractivity contribution in [3.8, 4) is 11.5 Å². The number of rotatable bonds is 7. The number of benzene rings is 2. The molecule has 0 spiro atoms. The zero-order valence-electron chi connectivity index (χ0n) is 14.0. The number of halogens is 1. The van der Waals surface area contributed by atoms with E-state index >= 15 is 0 Å². The molecule has 0 amide bonds. The van der Waals surface area contributed by atoms with Gasteiger partial charge in [-0.3, -0.25) is 0 Å². The van der Waals surface area contributed by atoms with Gasteiger partial charge in [0.1, 0.15) is 6.61 Å². The van der Waals surface area contributed by atoms with Crippen LogP contribution in [0.4, 0.5) is 0 Å². The molecule has 0 radical (unpaired) electrons. The lowest BCUT2D eigenvalue weighted by Crippen LogP contribution is -2.05. The van der Waals surface area contributed by atoms with Crippen molar-refractivity contribution in [2.45, 2.75) is 17.5 Å². The summed E-state index contributed by atoms with van der Waals surface area (Å²) in [6.07, 6.45) is 0. The summed E-state index contributed by atoms with van der Waals surface area (Å²) < 4.78 is 14.1. The molecular weight excluding hydrogens is 402 g/mol. The second-order valence-corrected chi connectivity index (χ2v) is 7.17. The molecular formula is C18H18BrN3O2S. The molecule has 0 aliphatic carbocycles. The molecule has 0 aliphatic rings. The van der Waals surface area contributed by atoms with E-state index in [2.05, 4.69) is 38.3 Å². The van der Waals surface area contributed by atoms with Crippen LogP contribution in [0.3, 0.4) is 0 Å². The molecule has 0 aliphatic heterocycles. The lowest BCUT2D eigenvalue weighted by Gasteiger charge is -2.10. The number of thioether (sulfide) groups is 1. The molecule has 0 saturated carbocycles. The molecule has 0 atom stereocenters. The average Bonchev–Trinajstić information content (AvgIpc) is 2.99. The number of nitrogens with zero attached hydrogens (tertiary/aromatic N) is 3. The summed E-state index contributed by atoms with van der Waals surface area (Å²) in [5.74, 6) is 3.00. The summed E-state index contributed by atoms with van der Waals surface area (Å²) in [4.78, 5) is 0. The first-order valence-corrected chi connectivity index (χ1v) is 9.46. The number of hydrogen-bond acceptors (Lipinski definition) is 5. The standard InChI is InChI=1S/C18H18BrN3O2S/c1-22-17(11-24-16-6-4-3-5-15(16)23-2)20-21-18(22)25-12-13-7-9-14(19)10-8-13/h3-10H,11-12H2,1-2H3. The SMILES string of the molecule is COc1ccccc1OCc1nnc(SCc2ccc(Br)cc2)n1C. The molecule has 0 N–H and O–H groups in total. The number of aromatic nitrogens is 3. The fourth-order valence-electron chi connectivity index (χ4n) is 2.21. The molecule has 0 bridgehead atoms. The minimum Gasteiger partial charge on any atom is -0.493 e. The van der Waals surface area contributed by atoms with Gasteiger partial charge in [0, 0.05) is 17.3 Å². The van der Waals surface area contributed by atoms with Crippen LogP contribution in [0.25, 0.3) is 0 Å². The number of para-hydroxylation sites is 2. The molecule has 3 aromatic rings. The van der Waals surface area contributed by atoms with Crippen molar-refractivity contribution in [2.75, 3.05) is 7.11 Å². The molecule has 2 aromatic carbocycles. The van der Waals surface area contributed by atoms with Crippen LogP contribution in [-0.2, 0) is 19.4 Å². The van der Waals surface area contributed by atoms with Crippen LogP contribution < -0.4 is 9.47 Å². The van der Waals surface area contributed by atoms with E-state index in [-0.39, 0.29) is 0 Å². The fraction of sp³-hybridized carbons (Fsp3) is 0.222. The van der Waals surface area contributed by atoms with Crippen LogP contribution in [0.5, 0.6) is 11.5 Å². The van der Waals surface area contributed by atoms with Crippen LogP contribution in [0.15, 0.2) is 58.2 Å². The Morgan fingerprint density at radius 3 is 2.48 bits per heavy atom. The van der Waals surface area contributed by atoms with Crippen molar-refractivity contribution in [1.29, 1.82) is 0 Å². The van der Waals surface area contributed by atoms with Gasteiger partial charge >= 0.3 is 0 Å². The quantitative estimate of drug-likeness (QED) is 0.529. The van der Waals surface area contributed by atoms with Gasteiger partial charge in [-0.15, -0.1) is 10.2 Å². The topological polar surface area (TPSA) is 49.2 Å². The molecule has 1 heterocycles. The molecule has 5 nitrogen and oxygen atoms in total. The largest absolute Gasteiger partial charge is 0.493 e. The zero-order chi connectivity index (χ0) is 17.6. The predicted molar refractivity (Wildman–Crippen MR) is 102 cm³/mol. The Bertz CT molecular complexity index is 837. The Morgan fingerprint density at radius 1 is 1.04 bits per heavy atom. The molecule has 3 rings (SSSR count). The van der Waals surface area contributed by atoms with E-state index < -0.39 is 0 Å². The first kappa shape index (κ1) is 17.8. The lowest BCUT2D eigenvalue weighted by molar-refractivity contribution is 0.272. The van der Waals surface area contributed by atoms with Crippen LogP contribution in [-0.4, -0.2) is 21.9 Å². The molecule has 0 saturated heterocycles. The van der Waals surface area contributed by atoms with Gasteiger partial charge in [0.05, 0.1) is 7.11 Å². The number of ether oxygens (including phenoxy) is 2. The Hall–Kier alpha value is -1.99. The van der Waals surface area contributed by atoms with Gasteiger partial charge in [0.2, 0.25) is 0 Å². The van der Waals surface area contributed by atoms with Gasteiger partial charge in [0.25, 0.3) is 0 Å². The summed E-state index contributed by atoms with van der Waals surface area (Å²) in [5.41, 5.74) is 1.24. The van der Waals surface area contributed by atoms with Gasteiger partial charge < -0.3 is 14.0 Å². The Kier molecular flexibility index (Phi) is 5.99. The Labute approximate surface area is 159 Å². The van der Waals surface area contributed by atoms with Gasteiger partial charge in [-0.05, 0) is 29.8 Å². The van der Waals surface area contributed by atoms with Crippen LogP contribution in [0, 0.1) is 0 Å². The molecule has 130 valence electrons. The zero-order valence-corrected chi connectivity index (χ0v) is 16.4. The molecule has 7 heteroatoms. The maximum atomic E-state index is 5.82. The molecule has 0 fully saturated rings. The van der Waals surface area contributed by atoms with E-state index in [0.717, 1.165) is 21.2 Å². The van der Waals surface area contributed by atoms with Crippen molar-refractivity contribution in [3.63, 3.8) is 0 Å². The maximum absolute atomic E-state index is 5.82. The van der Waals surface area contributed by atoms with Gasteiger partial charge in [-0.2, -0.15) is 0 Å². The van der Waals surface area contributed by atoms with Gasteiger partial charge in [-0.1, -0.05) is 52.0 Å². The number of hydrogen-bond donors (Lipinski definition) is 0. The van der Waals surface area contributed by atoms with Crippen LogP contribution in [0.1, 0.15) is 11.4 Å². The van der Waals surface area contributed by atoms with Crippen molar-refractivity contribution in [1.82, 2.24) is 14.8 Å². The van der Waals surface area contributed by atoms with E-state index in [1.807, 2.05) is 48.0 Å². The Morgan fingerprint density at radius 2 is 1.76 bits per heavy atom. The second kappa shape index (κ2) is 8.40. The third-order valence-electron chi connectivity index (χ3n) is 3.63. The van der Waals surface area contributed by atoms with E-state index in [1.54, 1.807) is 18.9 Å². The maximum Gasteiger partial charge on any atom is 0.191 e.